The molecule has 4 aromatic rings. The summed E-state index contributed by atoms with van der Waals surface area (Å²) < 4.78 is 56.6. The number of nitrogens with zero attached hydrogens (tertiary/aromatic N) is 5. The van der Waals surface area contributed by atoms with E-state index in [4.69, 9.17) is 17.3 Å². The molecule has 14 heteroatoms. The lowest BCUT2D eigenvalue weighted by molar-refractivity contribution is -0.137. The van der Waals surface area contributed by atoms with Crippen molar-refractivity contribution in [1.82, 2.24) is 24.4 Å². The van der Waals surface area contributed by atoms with Gasteiger partial charge in [-0.25, -0.2) is 19.3 Å². The number of aromatic nitrogens is 4. The zero-order valence-corrected chi connectivity index (χ0v) is 21.4. The molecule has 2 atom stereocenters. The summed E-state index contributed by atoms with van der Waals surface area (Å²) in [6.07, 6.45) is -5.16. The molecule has 2 amide bonds. The molecule has 1 aliphatic rings. The lowest BCUT2D eigenvalue weighted by atomic mass is 10.1. The highest BCUT2D eigenvalue weighted by Crippen LogP contribution is 2.38. The topological polar surface area (TPSA) is 119 Å². The molecule has 1 saturated heterocycles. The van der Waals surface area contributed by atoms with Gasteiger partial charge in [-0.15, -0.1) is 0 Å². The quantitative estimate of drug-likeness (QED) is 0.280. The Hall–Kier alpha value is -4.00. The minimum Gasteiger partial charge on any atom is -0.383 e. The number of carbonyl (C=O) groups is 2. The molecular formula is C25H22ClF4N7O2. The number of halogens is 5. The van der Waals surface area contributed by atoms with E-state index >= 15 is 0 Å². The Bertz CT molecular complexity index is 1640. The number of nitrogen functional groups attached to an aromatic ring is 1. The van der Waals surface area contributed by atoms with E-state index in [1.807, 2.05) is 0 Å². The number of anilines is 2. The largest absolute Gasteiger partial charge is 0.416 e. The predicted octanol–water partition coefficient (Wildman–Crippen LogP) is 4.43. The number of aryl methyl sites for hydroxylation is 2. The van der Waals surface area contributed by atoms with Crippen LogP contribution in [-0.2, 0) is 22.3 Å². The minimum atomic E-state index is -4.62. The molecule has 0 radical (unpaired) electrons. The monoisotopic (exact) mass is 563 g/mol. The number of carbonyl (C=O) groups excluding carboxylic acids is 2. The number of pyridine rings is 1. The van der Waals surface area contributed by atoms with Gasteiger partial charge >= 0.3 is 6.18 Å². The first-order chi connectivity index (χ1) is 18.3. The Morgan fingerprint density at radius 3 is 2.64 bits per heavy atom. The summed E-state index contributed by atoms with van der Waals surface area (Å²) in [7, 11) is 0. The average Bonchev–Trinajstić information content (AvgIpc) is 3.40. The maximum Gasteiger partial charge on any atom is 0.416 e. The van der Waals surface area contributed by atoms with Gasteiger partial charge in [0.15, 0.2) is 0 Å². The van der Waals surface area contributed by atoms with Crippen LogP contribution in [0.5, 0.6) is 0 Å². The van der Waals surface area contributed by atoms with Crippen LogP contribution in [0.3, 0.4) is 0 Å². The van der Waals surface area contributed by atoms with Crippen molar-refractivity contribution in [3.8, 4) is 0 Å². The van der Waals surface area contributed by atoms with Crippen molar-refractivity contribution in [3.63, 3.8) is 0 Å². The number of nitrogens with two attached hydrogens (primary N) is 1. The Kier molecular flexibility index (Phi) is 6.57. The zero-order valence-electron chi connectivity index (χ0n) is 20.7. The van der Waals surface area contributed by atoms with Gasteiger partial charge in [0.25, 0.3) is 0 Å². The number of nitrogens with one attached hydrogen (secondary N) is 1. The number of fused-ring (bicyclic) bond motifs is 3. The van der Waals surface area contributed by atoms with Crippen LogP contribution in [0.25, 0.3) is 21.9 Å². The van der Waals surface area contributed by atoms with E-state index in [1.54, 1.807) is 19.1 Å². The Morgan fingerprint density at radius 1 is 1.18 bits per heavy atom. The predicted molar refractivity (Wildman–Crippen MR) is 137 cm³/mol. The van der Waals surface area contributed by atoms with Crippen molar-refractivity contribution < 1.29 is 27.2 Å². The van der Waals surface area contributed by atoms with Gasteiger partial charge in [-0.1, -0.05) is 17.7 Å². The number of hydrogen-bond donors (Lipinski definition) is 2. The van der Waals surface area contributed by atoms with E-state index in [2.05, 4.69) is 20.3 Å². The van der Waals surface area contributed by atoms with Crippen LogP contribution in [0.1, 0.15) is 23.1 Å². The van der Waals surface area contributed by atoms with Crippen molar-refractivity contribution in [2.75, 3.05) is 17.6 Å². The molecule has 0 spiro atoms. The van der Waals surface area contributed by atoms with Gasteiger partial charge < -0.3 is 20.5 Å². The van der Waals surface area contributed by atoms with Crippen LogP contribution in [0.2, 0.25) is 5.15 Å². The molecule has 1 aromatic carbocycles. The Balaban J connectivity index is 1.52. The van der Waals surface area contributed by atoms with Crippen molar-refractivity contribution in [2.24, 2.45) is 0 Å². The number of amides is 2. The van der Waals surface area contributed by atoms with Crippen molar-refractivity contribution in [1.29, 1.82) is 0 Å². The van der Waals surface area contributed by atoms with Gasteiger partial charge in [0.1, 0.15) is 47.5 Å². The van der Waals surface area contributed by atoms with Gasteiger partial charge in [0, 0.05) is 11.8 Å². The average molecular weight is 564 g/mol. The molecule has 0 unspecified atom stereocenters. The third-order valence-electron chi connectivity index (χ3n) is 6.75. The van der Waals surface area contributed by atoms with E-state index in [0.717, 1.165) is 23.4 Å². The van der Waals surface area contributed by atoms with Crippen LogP contribution < -0.4 is 11.1 Å². The Labute approximate surface area is 224 Å². The van der Waals surface area contributed by atoms with Crippen LogP contribution in [0, 0.1) is 13.8 Å². The fourth-order valence-electron chi connectivity index (χ4n) is 4.97. The van der Waals surface area contributed by atoms with Crippen molar-refractivity contribution in [3.05, 3.63) is 52.4 Å². The second-order valence-corrected chi connectivity index (χ2v) is 9.80. The van der Waals surface area contributed by atoms with Gasteiger partial charge in [0.2, 0.25) is 11.8 Å². The van der Waals surface area contributed by atoms with Crippen molar-refractivity contribution >= 4 is 57.0 Å². The standard InChI is InChI=1S/C25H22ClF4N7O2/c1-11-3-4-17(26)34-22(11)35-24(39)16-7-14(27)8-36(16)18(38)9-37-20-12(2)5-13(25(28,29)30)6-15(20)19-21(31)32-10-33-23(19)37/h3-6,10,14,16H,7-9H2,1-2H3,(H2,31,32,33)(H,34,35,39)/t14-,16-/m1/s1. The van der Waals surface area contributed by atoms with Gasteiger partial charge in [0.05, 0.1) is 23.0 Å². The van der Waals surface area contributed by atoms with Crippen LogP contribution in [0.4, 0.5) is 29.2 Å². The maximum atomic E-state index is 14.5. The van der Waals surface area contributed by atoms with Crippen LogP contribution in [0.15, 0.2) is 30.6 Å². The van der Waals surface area contributed by atoms with E-state index in [9.17, 15) is 27.2 Å². The number of benzene rings is 1. The molecule has 1 aliphatic heterocycles. The fraction of sp³-hybridized carbons (Fsp3) is 0.320. The smallest absolute Gasteiger partial charge is 0.383 e. The third kappa shape index (κ3) is 4.82. The number of hydrogen-bond acceptors (Lipinski definition) is 6. The van der Waals surface area contributed by atoms with Gasteiger partial charge in [-0.05, 0) is 43.2 Å². The van der Waals surface area contributed by atoms with Gasteiger partial charge in [-0.2, -0.15) is 13.2 Å². The highest BCUT2D eigenvalue weighted by atomic mass is 35.5. The summed E-state index contributed by atoms with van der Waals surface area (Å²) in [5.41, 5.74) is 6.42. The fourth-order valence-corrected chi connectivity index (χ4v) is 5.12. The van der Waals surface area contributed by atoms with Crippen LogP contribution >= 0.6 is 11.6 Å². The van der Waals surface area contributed by atoms with Crippen LogP contribution in [-0.4, -0.2) is 55.0 Å². The van der Waals surface area contributed by atoms with Gasteiger partial charge in [-0.3, -0.25) is 9.59 Å². The van der Waals surface area contributed by atoms with E-state index in [-0.39, 0.29) is 51.7 Å². The van der Waals surface area contributed by atoms with E-state index in [1.165, 1.54) is 11.5 Å². The molecule has 3 N–H and O–H groups in total. The van der Waals surface area contributed by atoms with Crippen molar-refractivity contribution in [2.45, 2.75) is 45.2 Å². The molecule has 1 fully saturated rings. The highest BCUT2D eigenvalue weighted by Gasteiger charge is 2.40. The first-order valence-corrected chi connectivity index (χ1v) is 12.2. The van der Waals surface area contributed by atoms with E-state index < -0.39 is 42.3 Å². The number of likely N-dealkylation sites (tertiary alicyclic amines) is 1. The first kappa shape index (κ1) is 26.6. The second-order valence-electron chi connectivity index (χ2n) is 9.41. The maximum absolute atomic E-state index is 14.5. The number of rotatable bonds is 4. The molecule has 5 rings (SSSR count). The summed E-state index contributed by atoms with van der Waals surface area (Å²) in [6.45, 7) is 2.43. The first-order valence-electron chi connectivity index (χ1n) is 11.8. The lowest BCUT2D eigenvalue weighted by Crippen LogP contribution is -2.44. The Morgan fingerprint density at radius 2 is 1.92 bits per heavy atom. The summed E-state index contributed by atoms with van der Waals surface area (Å²) in [5.74, 6) is -1.13. The lowest BCUT2D eigenvalue weighted by Gasteiger charge is -2.24. The SMILES string of the molecule is Cc1ccc(Cl)nc1NC(=O)[C@H]1C[C@@H](F)CN1C(=O)Cn1c2ncnc(N)c2c2cc(C(F)(F)F)cc(C)c21. The second kappa shape index (κ2) is 9.63. The third-order valence-corrected chi connectivity index (χ3v) is 6.96. The molecular weight excluding hydrogens is 542 g/mol. The summed E-state index contributed by atoms with van der Waals surface area (Å²) >= 11 is 5.92. The molecule has 0 bridgehead atoms. The molecule has 0 saturated carbocycles. The minimum absolute atomic E-state index is 0.0541. The zero-order chi connectivity index (χ0) is 28.2. The molecule has 9 nitrogen and oxygen atoms in total. The molecule has 39 heavy (non-hydrogen) atoms. The molecule has 4 heterocycles. The molecule has 3 aromatic heterocycles. The number of alkyl halides is 4. The van der Waals surface area contributed by atoms with E-state index in [0.29, 0.717) is 11.1 Å². The highest BCUT2D eigenvalue weighted by molar-refractivity contribution is 6.29. The molecule has 204 valence electrons. The summed E-state index contributed by atoms with van der Waals surface area (Å²) in [5, 5.41) is 3.05. The summed E-state index contributed by atoms with van der Waals surface area (Å²) in [4.78, 5) is 39.9. The summed E-state index contributed by atoms with van der Waals surface area (Å²) in [6, 6.07) is 3.98. The molecule has 0 aliphatic carbocycles. The normalized spacial score (nSPS) is 17.8.